The van der Waals surface area contributed by atoms with Gasteiger partial charge in [-0.2, -0.15) is 0 Å². The van der Waals surface area contributed by atoms with Gasteiger partial charge in [-0.05, 0) is 58.9 Å². The maximum Gasteiger partial charge on any atom is 0.356 e. The first-order valence-electron chi connectivity index (χ1n) is 16.5. The van der Waals surface area contributed by atoms with E-state index in [2.05, 4.69) is 109 Å². The number of hydrogen-bond acceptors (Lipinski definition) is 6. The van der Waals surface area contributed by atoms with Gasteiger partial charge in [-0.3, -0.25) is 0 Å². The highest BCUT2D eigenvalue weighted by atomic mass is 79.9. The lowest BCUT2D eigenvalue weighted by atomic mass is 9.96. The number of benzene rings is 3. The van der Waals surface area contributed by atoms with Gasteiger partial charge in [-0.25, -0.2) is 9.78 Å². The summed E-state index contributed by atoms with van der Waals surface area (Å²) in [7, 11) is -2.78. The fourth-order valence-corrected chi connectivity index (χ4v) is 13.2. The van der Waals surface area contributed by atoms with Crippen molar-refractivity contribution in [3.05, 3.63) is 112 Å². The van der Waals surface area contributed by atoms with E-state index in [0.717, 1.165) is 39.7 Å². The van der Waals surface area contributed by atoms with Crippen LogP contribution in [0.2, 0.25) is 5.04 Å². The molecule has 0 amide bonds. The SMILES string of the molecule is CCCC[S@+]([O-])N1Cc2cc(C(=O)OCC)nc(-c3cccc(Br)c3)c2[C@H]1CCO[Si](c1ccccc1)(c1ccccc1)C(C)(C)C. The van der Waals surface area contributed by atoms with E-state index in [1.807, 2.05) is 30.3 Å². The molecule has 1 aromatic heterocycles. The van der Waals surface area contributed by atoms with Crippen molar-refractivity contribution in [2.24, 2.45) is 0 Å². The molecule has 1 aliphatic rings. The zero-order valence-corrected chi connectivity index (χ0v) is 31.4. The number of carbonyl (C=O) groups is 1. The van der Waals surface area contributed by atoms with Crippen LogP contribution in [0.4, 0.5) is 0 Å². The minimum atomic E-state index is -2.78. The molecule has 1 aliphatic heterocycles. The topological polar surface area (TPSA) is 74.7 Å². The molecular formula is C38H45BrN2O4SSi. The summed E-state index contributed by atoms with van der Waals surface area (Å²) in [6.45, 7) is 11.9. The highest BCUT2D eigenvalue weighted by molar-refractivity contribution is 9.10. The van der Waals surface area contributed by atoms with Gasteiger partial charge in [0.15, 0.2) is 0 Å². The number of hydrogen-bond donors (Lipinski definition) is 0. The molecule has 0 N–H and O–H groups in total. The fourth-order valence-electron chi connectivity index (χ4n) is 6.67. The first kappa shape index (κ1) is 35.5. The first-order chi connectivity index (χ1) is 22.6. The number of halogens is 1. The number of aromatic nitrogens is 1. The Balaban J connectivity index is 1.60. The van der Waals surface area contributed by atoms with Crippen LogP contribution in [-0.4, -0.2) is 47.1 Å². The Morgan fingerprint density at radius 1 is 1.00 bits per heavy atom. The molecular weight excluding hydrogens is 688 g/mol. The van der Waals surface area contributed by atoms with E-state index >= 15 is 0 Å². The number of fused-ring (bicyclic) bond motifs is 1. The first-order valence-corrected chi connectivity index (χ1v) is 20.5. The minimum absolute atomic E-state index is 0.162. The van der Waals surface area contributed by atoms with Crippen molar-refractivity contribution < 1.29 is 18.5 Å². The second-order valence-electron chi connectivity index (χ2n) is 12.9. The Morgan fingerprint density at radius 3 is 2.23 bits per heavy atom. The van der Waals surface area contributed by atoms with Gasteiger partial charge in [0, 0.05) is 33.6 Å². The van der Waals surface area contributed by atoms with Gasteiger partial charge in [0.25, 0.3) is 8.32 Å². The number of ether oxygens (including phenoxy) is 1. The van der Waals surface area contributed by atoms with Crippen molar-refractivity contribution in [1.82, 2.24) is 9.29 Å². The second kappa shape index (κ2) is 15.6. The second-order valence-corrected chi connectivity index (χ2v) is 19.7. The molecule has 0 saturated carbocycles. The number of rotatable bonds is 13. The highest BCUT2D eigenvalue weighted by Crippen LogP contribution is 2.45. The van der Waals surface area contributed by atoms with Gasteiger partial charge < -0.3 is 13.7 Å². The van der Waals surface area contributed by atoms with Crippen LogP contribution in [0.3, 0.4) is 0 Å². The monoisotopic (exact) mass is 732 g/mol. The molecule has 6 nitrogen and oxygen atoms in total. The van der Waals surface area contributed by atoms with Crippen LogP contribution in [0.15, 0.2) is 95.5 Å². The van der Waals surface area contributed by atoms with Crippen LogP contribution in [0.1, 0.15) is 81.5 Å². The molecule has 0 aliphatic carbocycles. The average molecular weight is 734 g/mol. The Bertz CT molecular complexity index is 1610. The van der Waals surface area contributed by atoms with Gasteiger partial charge in [0.2, 0.25) is 0 Å². The van der Waals surface area contributed by atoms with Crippen LogP contribution < -0.4 is 10.4 Å². The quantitative estimate of drug-likeness (QED) is 0.0789. The van der Waals surface area contributed by atoms with Crippen LogP contribution in [0, 0.1) is 0 Å². The number of esters is 1. The molecule has 0 spiro atoms. The Labute approximate surface area is 292 Å². The van der Waals surface area contributed by atoms with E-state index in [9.17, 15) is 9.35 Å². The van der Waals surface area contributed by atoms with E-state index in [0.29, 0.717) is 25.3 Å². The molecule has 248 valence electrons. The standard InChI is InChI=1S/C38H45BrN2O4SSi/c1-6-8-24-46(43)41-27-29-26-33(37(42)44-7-2)40-36(28-16-15-17-30(39)25-28)35(29)34(41)22-23-45-47(38(3,4)5,31-18-11-9-12-19-31)32-20-13-10-14-21-32/h9-21,25-26,34H,6-8,22-24,27H2,1-5H3/t34-,46+/m1/s1. The maximum absolute atomic E-state index is 14.0. The lowest BCUT2D eigenvalue weighted by molar-refractivity contribution is 0.0519. The Morgan fingerprint density at radius 2 is 1.66 bits per heavy atom. The zero-order chi connectivity index (χ0) is 33.6. The number of nitrogens with zero attached hydrogens (tertiary/aromatic N) is 2. The van der Waals surface area contributed by atoms with Gasteiger partial charge in [-0.1, -0.05) is 123 Å². The van der Waals surface area contributed by atoms with Crippen LogP contribution in [0.25, 0.3) is 11.3 Å². The lowest BCUT2D eigenvalue weighted by Gasteiger charge is -2.43. The largest absolute Gasteiger partial charge is 0.598 e. The van der Waals surface area contributed by atoms with Gasteiger partial charge in [-0.15, -0.1) is 4.31 Å². The molecule has 2 atom stereocenters. The van der Waals surface area contributed by atoms with Crippen molar-refractivity contribution in [3.8, 4) is 11.3 Å². The summed E-state index contributed by atoms with van der Waals surface area (Å²) in [5.74, 6) is 0.129. The molecule has 0 unspecified atom stereocenters. The summed E-state index contributed by atoms with van der Waals surface area (Å²) in [4.78, 5) is 17.9. The molecule has 0 saturated heterocycles. The summed E-state index contributed by atoms with van der Waals surface area (Å²) in [6.07, 6.45) is 2.46. The molecule has 47 heavy (non-hydrogen) atoms. The number of unbranched alkanes of at least 4 members (excludes halogenated alkanes) is 1. The summed E-state index contributed by atoms with van der Waals surface area (Å²) in [5, 5.41) is 2.29. The van der Waals surface area contributed by atoms with Crippen molar-refractivity contribution in [1.29, 1.82) is 0 Å². The average Bonchev–Trinajstić information content (AvgIpc) is 3.44. The van der Waals surface area contributed by atoms with Crippen molar-refractivity contribution in [3.63, 3.8) is 0 Å². The smallest absolute Gasteiger partial charge is 0.356 e. The van der Waals surface area contributed by atoms with E-state index < -0.39 is 25.6 Å². The van der Waals surface area contributed by atoms with E-state index in [1.54, 1.807) is 6.92 Å². The highest BCUT2D eigenvalue weighted by Gasteiger charge is 2.50. The zero-order valence-electron chi connectivity index (χ0n) is 28.0. The van der Waals surface area contributed by atoms with E-state index in [4.69, 9.17) is 14.1 Å². The number of pyridine rings is 1. The molecule has 9 heteroatoms. The van der Waals surface area contributed by atoms with Crippen molar-refractivity contribution in [2.45, 2.75) is 71.5 Å². The molecule has 4 aromatic rings. The fraction of sp³-hybridized carbons (Fsp3) is 0.368. The molecule has 5 rings (SSSR count). The molecule has 0 radical (unpaired) electrons. The minimum Gasteiger partial charge on any atom is -0.598 e. The molecule has 2 heterocycles. The molecule has 0 bridgehead atoms. The third kappa shape index (κ3) is 7.61. The van der Waals surface area contributed by atoms with E-state index in [1.165, 1.54) is 10.4 Å². The van der Waals surface area contributed by atoms with Crippen LogP contribution in [0.5, 0.6) is 0 Å². The third-order valence-corrected chi connectivity index (χ3v) is 15.9. The summed E-state index contributed by atoms with van der Waals surface area (Å²) in [5.41, 5.74) is 3.84. The summed E-state index contributed by atoms with van der Waals surface area (Å²) >= 11 is 2.40. The van der Waals surface area contributed by atoms with Crippen LogP contribution >= 0.6 is 15.9 Å². The predicted octanol–water partition coefficient (Wildman–Crippen LogP) is 7.98. The van der Waals surface area contributed by atoms with Crippen LogP contribution in [-0.2, 0) is 27.1 Å². The lowest BCUT2D eigenvalue weighted by Crippen LogP contribution is -2.66. The number of carbonyl (C=O) groups excluding carboxylic acids is 1. The Kier molecular flexibility index (Phi) is 11.8. The molecule has 3 aromatic carbocycles. The third-order valence-electron chi connectivity index (χ3n) is 8.79. The summed E-state index contributed by atoms with van der Waals surface area (Å²) < 4.78 is 29.7. The van der Waals surface area contributed by atoms with Crippen molar-refractivity contribution in [2.75, 3.05) is 19.0 Å². The Hall–Kier alpha value is -2.79. The van der Waals surface area contributed by atoms with Crippen molar-refractivity contribution >= 4 is 52.0 Å². The van der Waals surface area contributed by atoms with Gasteiger partial charge in [0.05, 0.1) is 24.9 Å². The molecule has 0 fully saturated rings. The van der Waals surface area contributed by atoms with E-state index in [-0.39, 0.29) is 23.4 Å². The normalized spacial score (nSPS) is 15.8. The maximum atomic E-state index is 14.0. The van der Waals surface area contributed by atoms with Gasteiger partial charge in [0.1, 0.15) is 11.4 Å². The summed E-state index contributed by atoms with van der Waals surface area (Å²) in [6, 6.07) is 30.9. The predicted molar refractivity (Wildman–Crippen MR) is 198 cm³/mol. The van der Waals surface area contributed by atoms with Gasteiger partial charge >= 0.3 is 5.97 Å².